The third-order valence-electron chi connectivity index (χ3n) is 5.75. The lowest BCUT2D eigenvalue weighted by Crippen LogP contribution is -2.51. The van der Waals surface area contributed by atoms with E-state index in [1.54, 1.807) is 0 Å². The number of carbonyl (C=O) groups is 1. The molecule has 2 aliphatic heterocycles. The molecule has 1 N–H and O–H groups in total. The maximum Gasteiger partial charge on any atom is 0.228 e. The Morgan fingerprint density at radius 1 is 1.08 bits per heavy atom. The van der Waals surface area contributed by atoms with Crippen molar-refractivity contribution in [2.24, 2.45) is 5.41 Å². The van der Waals surface area contributed by atoms with Crippen molar-refractivity contribution < 1.29 is 4.79 Å². The van der Waals surface area contributed by atoms with Gasteiger partial charge in [-0.05, 0) is 49.4 Å². The normalized spacial score (nSPS) is 23.8. The van der Waals surface area contributed by atoms with Gasteiger partial charge in [0.1, 0.15) is 0 Å². The van der Waals surface area contributed by atoms with Crippen LogP contribution in [-0.4, -0.2) is 23.9 Å². The fraction of sp³-hybridized carbons (Fsp3) is 0.409. The molecular formula is C22H26N2O. The number of rotatable bonds is 2. The van der Waals surface area contributed by atoms with Crippen molar-refractivity contribution in [3.63, 3.8) is 0 Å². The van der Waals surface area contributed by atoms with Gasteiger partial charge < -0.3 is 5.32 Å². The second-order valence-corrected chi connectivity index (χ2v) is 7.71. The van der Waals surface area contributed by atoms with E-state index in [4.69, 9.17) is 0 Å². The smallest absolute Gasteiger partial charge is 0.228 e. The fourth-order valence-corrected chi connectivity index (χ4v) is 4.35. The van der Waals surface area contributed by atoms with Crippen molar-refractivity contribution >= 4 is 5.91 Å². The Morgan fingerprint density at radius 2 is 1.84 bits per heavy atom. The number of hydrogen-bond acceptors (Lipinski definition) is 2. The summed E-state index contributed by atoms with van der Waals surface area (Å²) in [5.41, 5.74) is 4.94. The molecule has 1 atom stereocenters. The van der Waals surface area contributed by atoms with Crippen LogP contribution in [0.5, 0.6) is 0 Å². The lowest BCUT2D eigenvalue weighted by molar-refractivity contribution is -0.134. The first-order valence-electron chi connectivity index (χ1n) is 9.28. The number of likely N-dealkylation sites (tertiary alicyclic amines) is 1. The van der Waals surface area contributed by atoms with E-state index in [-0.39, 0.29) is 11.3 Å². The summed E-state index contributed by atoms with van der Waals surface area (Å²) in [6.07, 6.45) is 2.93. The average Bonchev–Trinajstić information content (AvgIpc) is 2.75. The summed E-state index contributed by atoms with van der Waals surface area (Å²) in [7, 11) is 0. The number of aryl methyl sites for hydroxylation is 1. The highest BCUT2D eigenvalue weighted by atomic mass is 16.2. The number of nitrogens with one attached hydrogen (secondary N) is 1. The lowest BCUT2D eigenvalue weighted by Gasteiger charge is -2.41. The highest BCUT2D eigenvalue weighted by molar-refractivity contribution is 5.84. The van der Waals surface area contributed by atoms with Crippen LogP contribution in [0.3, 0.4) is 0 Å². The van der Waals surface area contributed by atoms with Gasteiger partial charge in [-0.15, -0.1) is 0 Å². The number of carbonyl (C=O) groups excluding carboxylic acids is 1. The summed E-state index contributed by atoms with van der Waals surface area (Å²) in [6.45, 7) is 5.63. The quantitative estimate of drug-likeness (QED) is 0.912. The number of nitrogens with zero attached hydrogens (tertiary/aromatic N) is 1. The monoisotopic (exact) mass is 334 g/mol. The molecule has 0 aliphatic carbocycles. The Labute approximate surface area is 150 Å². The van der Waals surface area contributed by atoms with E-state index in [0.717, 1.165) is 38.9 Å². The minimum Gasteiger partial charge on any atom is -0.351 e. The summed E-state index contributed by atoms with van der Waals surface area (Å²) < 4.78 is 0. The molecule has 4 rings (SSSR count). The van der Waals surface area contributed by atoms with E-state index < -0.39 is 0 Å². The molecule has 1 amide bonds. The zero-order valence-corrected chi connectivity index (χ0v) is 14.9. The van der Waals surface area contributed by atoms with Crippen molar-refractivity contribution in [1.82, 2.24) is 10.2 Å². The summed E-state index contributed by atoms with van der Waals surface area (Å²) in [5.74, 6) is 0.234. The van der Waals surface area contributed by atoms with Crippen molar-refractivity contribution in [2.75, 3.05) is 13.1 Å². The molecule has 1 unspecified atom stereocenters. The number of hydrogen-bond donors (Lipinski definition) is 1. The highest BCUT2D eigenvalue weighted by Gasteiger charge is 2.43. The molecule has 1 saturated heterocycles. The molecule has 0 bridgehead atoms. The van der Waals surface area contributed by atoms with E-state index in [9.17, 15) is 4.79 Å². The topological polar surface area (TPSA) is 32.3 Å². The molecule has 0 radical (unpaired) electrons. The first-order valence-corrected chi connectivity index (χ1v) is 9.28. The maximum absolute atomic E-state index is 13.0. The first-order chi connectivity index (χ1) is 12.1. The Bertz CT molecular complexity index is 768. The van der Waals surface area contributed by atoms with Crippen LogP contribution in [0, 0.1) is 12.3 Å². The molecule has 3 nitrogen and oxygen atoms in total. The van der Waals surface area contributed by atoms with Gasteiger partial charge in [-0.2, -0.15) is 0 Å². The van der Waals surface area contributed by atoms with Gasteiger partial charge >= 0.3 is 0 Å². The standard InChI is InChI=1S/C22H26N2O/c1-17-7-9-18(10-8-17)15-24-12-4-11-22(16-24)13-19-5-2-3-6-20(19)14-23-21(22)25/h2-3,5-10H,4,11-16H2,1H3,(H,23,25). The van der Waals surface area contributed by atoms with Crippen LogP contribution in [-0.2, 0) is 24.3 Å². The minimum absolute atomic E-state index is 0.234. The summed E-state index contributed by atoms with van der Waals surface area (Å²) in [4.78, 5) is 15.4. The highest BCUT2D eigenvalue weighted by Crippen LogP contribution is 2.37. The fourth-order valence-electron chi connectivity index (χ4n) is 4.35. The first kappa shape index (κ1) is 16.3. The van der Waals surface area contributed by atoms with Gasteiger partial charge in [0, 0.05) is 19.6 Å². The SMILES string of the molecule is Cc1ccc(CN2CCCC3(Cc4ccccc4CNC3=O)C2)cc1. The van der Waals surface area contributed by atoms with Crippen LogP contribution >= 0.6 is 0 Å². The van der Waals surface area contributed by atoms with Crippen molar-refractivity contribution in [3.05, 3.63) is 70.8 Å². The Hall–Kier alpha value is -2.13. The molecular weight excluding hydrogens is 308 g/mol. The van der Waals surface area contributed by atoms with Gasteiger partial charge in [0.25, 0.3) is 0 Å². The molecule has 130 valence electrons. The van der Waals surface area contributed by atoms with Gasteiger partial charge in [-0.3, -0.25) is 9.69 Å². The number of benzene rings is 2. The van der Waals surface area contributed by atoms with Crippen LogP contribution in [0.4, 0.5) is 0 Å². The molecule has 1 spiro atoms. The summed E-state index contributed by atoms with van der Waals surface area (Å²) in [6, 6.07) is 17.2. The average molecular weight is 334 g/mol. The van der Waals surface area contributed by atoms with Crippen LogP contribution in [0.15, 0.2) is 48.5 Å². The zero-order valence-electron chi connectivity index (χ0n) is 14.9. The molecule has 2 aromatic carbocycles. The third-order valence-corrected chi connectivity index (χ3v) is 5.75. The molecule has 2 aromatic rings. The van der Waals surface area contributed by atoms with Crippen LogP contribution < -0.4 is 5.32 Å². The Kier molecular flexibility index (Phi) is 4.34. The van der Waals surface area contributed by atoms with E-state index in [1.807, 2.05) is 0 Å². The van der Waals surface area contributed by atoms with E-state index in [2.05, 4.69) is 65.7 Å². The number of amides is 1. The second kappa shape index (κ2) is 6.64. The largest absolute Gasteiger partial charge is 0.351 e. The van der Waals surface area contributed by atoms with Gasteiger partial charge in [-0.25, -0.2) is 0 Å². The van der Waals surface area contributed by atoms with Gasteiger partial charge in [0.2, 0.25) is 5.91 Å². The van der Waals surface area contributed by atoms with Crippen molar-refractivity contribution in [1.29, 1.82) is 0 Å². The van der Waals surface area contributed by atoms with Crippen LogP contribution in [0.2, 0.25) is 0 Å². The summed E-state index contributed by atoms with van der Waals surface area (Å²) in [5, 5.41) is 3.19. The predicted molar refractivity (Wildman–Crippen MR) is 100 cm³/mol. The Morgan fingerprint density at radius 3 is 2.64 bits per heavy atom. The molecule has 1 fully saturated rings. The van der Waals surface area contributed by atoms with Gasteiger partial charge in [0.15, 0.2) is 0 Å². The zero-order chi connectivity index (χ0) is 17.3. The number of piperidine rings is 1. The van der Waals surface area contributed by atoms with Crippen molar-refractivity contribution in [2.45, 2.75) is 39.3 Å². The maximum atomic E-state index is 13.0. The van der Waals surface area contributed by atoms with Gasteiger partial charge in [0.05, 0.1) is 5.41 Å². The second-order valence-electron chi connectivity index (χ2n) is 7.71. The van der Waals surface area contributed by atoms with E-state index >= 15 is 0 Å². The van der Waals surface area contributed by atoms with Crippen molar-refractivity contribution in [3.8, 4) is 0 Å². The molecule has 2 aliphatic rings. The molecule has 3 heteroatoms. The lowest BCUT2D eigenvalue weighted by atomic mass is 9.74. The predicted octanol–water partition coefficient (Wildman–Crippen LogP) is 3.45. The third kappa shape index (κ3) is 3.34. The van der Waals surface area contributed by atoms with E-state index in [0.29, 0.717) is 6.54 Å². The number of fused-ring (bicyclic) bond motifs is 1. The molecule has 0 aromatic heterocycles. The van der Waals surface area contributed by atoms with Crippen LogP contribution in [0.1, 0.15) is 35.1 Å². The molecule has 25 heavy (non-hydrogen) atoms. The van der Waals surface area contributed by atoms with E-state index in [1.165, 1.54) is 22.3 Å². The molecule has 0 saturated carbocycles. The summed E-state index contributed by atoms with van der Waals surface area (Å²) >= 11 is 0. The van der Waals surface area contributed by atoms with Crippen LogP contribution in [0.25, 0.3) is 0 Å². The Balaban J connectivity index is 1.56. The minimum atomic E-state index is -0.282. The molecule has 2 heterocycles. The van der Waals surface area contributed by atoms with Gasteiger partial charge in [-0.1, -0.05) is 54.1 Å².